The van der Waals surface area contributed by atoms with Crippen molar-refractivity contribution in [2.75, 3.05) is 7.11 Å². The number of ketones is 1. The lowest BCUT2D eigenvalue weighted by Gasteiger charge is -2.08. The average molecular weight is 214 g/mol. The zero-order valence-electron chi connectivity index (χ0n) is 8.59. The number of methoxy groups -OCH3 is 1. The molecule has 4 heteroatoms. The van der Waals surface area contributed by atoms with Gasteiger partial charge in [0.1, 0.15) is 17.7 Å². The summed E-state index contributed by atoms with van der Waals surface area (Å²) < 4.78 is 30.4. The maximum absolute atomic E-state index is 12.8. The zero-order valence-corrected chi connectivity index (χ0v) is 8.59. The molecule has 1 rings (SSSR count). The highest BCUT2D eigenvalue weighted by atomic mass is 19.1. The summed E-state index contributed by atoms with van der Waals surface area (Å²) in [6.45, 7) is 1.60. The Morgan fingerprint density at radius 2 is 1.87 bits per heavy atom. The molecule has 0 fully saturated rings. The fourth-order valence-electron chi connectivity index (χ4n) is 1.19. The lowest BCUT2D eigenvalue weighted by Crippen LogP contribution is -2.21. The minimum absolute atomic E-state index is 0.0241. The molecule has 0 amide bonds. The Morgan fingerprint density at radius 3 is 2.33 bits per heavy atom. The summed E-state index contributed by atoms with van der Waals surface area (Å²) in [5.41, 5.74) is 0.321. The van der Waals surface area contributed by atoms with E-state index in [1.807, 2.05) is 0 Å². The topological polar surface area (TPSA) is 26.3 Å². The van der Waals surface area contributed by atoms with E-state index in [0.717, 1.165) is 18.2 Å². The number of rotatable bonds is 4. The van der Waals surface area contributed by atoms with Gasteiger partial charge in [-0.15, -0.1) is 0 Å². The molecule has 0 aromatic heterocycles. The van der Waals surface area contributed by atoms with Crippen molar-refractivity contribution in [3.05, 3.63) is 35.4 Å². The molecule has 1 unspecified atom stereocenters. The van der Waals surface area contributed by atoms with Gasteiger partial charge in [0, 0.05) is 19.6 Å². The fourth-order valence-corrected chi connectivity index (χ4v) is 1.19. The molecule has 0 heterocycles. The van der Waals surface area contributed by atoms with Crippen LogP contribution in [0.2, 0.25) is 0 Å². The maximum Gasteiger partial charge on any atom is 0.165 e. The Balaban J connectivity index is 2.76. The molecule has 0 bridgehead atoms. The molecule has 82 valence electrons. The molecular weight excluding hydrogens is 202 g/mol. The van der Waals surface area contributed by atoms with Crippen molar-refractivity contribution in [1.82, 2.24) is 0 Å². The van der Waals surface area contributed by atoms with Crippen LogP contribution < -0.4 is 0 Å². The molecular formula is C11H12F2O2. The molecule has 1 atom stereocenters. The third kappa shape index (κ3) is 3.40. The first kappa shape index (κ1) is 11.8. The van der Waals surface area contributed by atoms with Crippen molar-refractivity contribution in [2.24, 2.45) is 0 Å². The maximum atomic E-state index is 12.8. The first-order valence-electron chi connectivity index (χ1n) is 4.53. The van der Waals surface area contributed by atoms with Crippen molar-refractivity contribution in [3.8, 4) is 0 Å². The van der Waals surface area contributed by atoms with E-state index in [-0.39, 0.29) is 12.2 Å². The van der Waals surface area contributed by atoms with Crippen molar-refractivity contribution in [3.63, 3.8) is 0 Å². The third-order valence-electron chi connectivity index (χ3n) is 2.11. The van der Waals surface area contributed by atoms with Gasteiger partial charge >= 0.3 is 0 Å². The van der Waals surface area contributed by atoms with E-state index in [9.17, 15) is 13.6 Å². The summed E-state index contributed by atoms with van der Waals surface area (Å²) >= 11 is 0. The number of carbonyl (C=O) groups excluding carboxylic acids is 1. The number of carbonyl (C=O) groups is 1. The predicted octanol–water partition coefficient (Wildman–Crippen LogP) is 2.11. The van der Waals surface area contributed by atoms with E-state index in [2.05, 4.69) is 0 Å². The molecule has 0 spiro atoms. The Labute approximate surface area is 86.9 Å². The fraction of sp³-hybridized carbons (Fsp3) is 0.364. The van der Waals surface area contributed by atoms with Crippen LogP contribution in [0.3, 0.4) is 0 Å². The van der Waals surface area contributed by atoms with Crippen LogP contribution in [0.4, 0.5) is 8.78 Å². The smallest absolute Gasteiger partial charge is 0.165 e. The van der Waals surface area contributed by atoms with Crippen LogP contribution in [-0.4, -0.2) is 19.0 Å². The van der Waals surface area contributed by atoms with Crippen LogP contribution in [0.15, 0.2) is 18.2 Å². The molecule has 0 aliphatic carbocycles. The van der Waals surface area contributed by atoms with Gasteiger partial charge in [-0.2, -0.15) is 0 Å². The molecule has 1 aromatic rings. The number of ether oxygens (including phenoxy) is 1. The Kier molecular flexibility index (Phi) is 3.91. The van der Waals surface area contributed by atoms with Crippen LogP contribution in [0.5, 0.6) is 0 Å². The average Bonchev–Trinajstić information content (AvgIpc) is 2.14. The standard InChI is InChI=1S/C11H12F2O2/c1-7(15-2)11(14)5-8-3-9(12)6-10(13)4-8/h3-4,6-7H,5H2,1-2H3. The van der Waals surface area contributed by atoms with Crippen LogP contribution >= 0.6 is 0 Å². The highest BCUT2D eigenvalue weighted by Gasteiger charge is 2.13. The van der Waals surface area contributed by atoms with Gasteiger partial charge in [0.2, 0.25) is 0 Å². The summed E-state index contributed by atoms with van der Waals surface area (Å²) in [6, 6.07) is 3.06. The molecule has 1 aromatic carbocycles. The number of hydrogen-bond acceptors (Lipinski definition) is 2. The molecule has 0 saturated carbocycles. The van der Waals surface area contributed by atoms with E-state index in [1.54, 1.807) is 6.92 Å². The van der Waals surface area contributed by atoms with Gasteiger partial charge in [-0.25, -0.2) is 8.78 Å². The van der Waals surface area contributed by atoms with E-state index in [4.69, 9.17) is 4.74 Å². The van der Waals surface area contributed by atoms with Crippen LogP contribution in [-0.2, 0) is 16.0 Å². The van der Waals surface area contributed by atoms with E-state index in [0.29, 0.717) is 5.56 Å². The largest absolute Gasteiger partial charge is 0.374 e. The number of hydrogen-bond donors (Lipinski definition) is 0. The van der Waals surface area contributed by atoms with Crippen LogP contribution in [0.1, 0.15) is 12.5 Å². The van der Waals surface area contributed by atoms with Gasteiger partial charge in [-0.05, 0) is 24.6 Å². The van der Waals surface area contributed by atoms with Gasteiger partial charge in [0.05, 0.1) is 0 Å². The minimum atomic E-state index is -0.678. The minimum Gasteiger partial charge on any atom is -0.374 e. The predicted molar refractivity (Wildman–Crippen MR) is 51.5 cm³/mol. The number of Topliss-reactive ketones (excluding diaryl/α,β-unsaturated/α-hetero) is 1. The molecule has 0 radical (unpaired) electrons. The van der Waals surface area contributed by atoms with E-state index < -0.39 is 17.7 Å². The summed E-state index contributed by atoms with van der Waals surface area (Å²) in [5.74, 6) is -1.56. The van der Waals surface area contributed by atoms with Crippen molar-refractivity contribution in [1.29, 1.82) is 0 Å². The lowest BCUT2D eigenvalue weighted by atomic mass is 10.1. The molecule has 0 N–H and O–H groups in total. The second-order valence-corrected chi connectivity index (χ2v) is 3.30. The Morgan fingerprint density at radius 1 is 1.33 bits per heavy atom. The first-order valence-corrected chi connectivity index (χ1v) is 4.53. The highest BCUT2D eigenvalue weighted by molar-refractivity contribution is 5.84. The van der Waals surface area contributed by atoms with Crippen LogP contribution in [0, 0.1) is 11.6 Å². The first-order chi connectivity index (χ1) is 7.02. The Hall–Kier alpha value is -1.29. The lowest BCUT2D eigenvalue weighted by molar-refractivity contribution is -0.127. The summed E-state index contributed by atoms with van der Waals surface area (Å²) in [6.07, 6.45) is -0.583. The van der Waals surface area contributed by atoms with E-state index in [1.165, 1.54) is 7.11 Å². The number of benzene rings is 1. The van der Waals surface area contributed by atoms with Gasteiger partial charge < -0.3 is 4.74 Å². The third-order valence-corrected chi connectivity index (χ3v) is 2.11. The monoisotopic (exact) mass is 214 g/mol. The van der Waals surface area contributed by atoms with Gasteiger partial charge in [0.25, 0.3) is 0 Å². The van der Waals surface area contributed by atoms with Crippen molar-refractivity contribution in [2.45, 2.75) is 19.4 Å². The van der Waals surface area contributed by atoms with Gasteiger partial charge in [0.15, 0.2) is 5.78 Å². The molecule has 2 nitrogen and oxygen atoms in total. The Bertz CT molecular complexity index is 343. The number of halogens is 2. The SMILES string of the molecule is COC(C)C(=O)Cc1cc(F)cc(F)c1. The normalized spacial score (nSPS) is 12.5. The van der Waals surface area contributed by atoms with Gasteiger partial charge in [-0.3, -0.25) is 4.79 Å². The van der Waals surface area contributed by atoms with Crippen LogP contribution in [0.25, 0.3) is 0 Å². The summed E-state index contributed by atoms with van der Waals surface area (Å²) in [7, 11) is 1.41. The summed E-state index contributed by atoms with van der Waals surface area (Å²) in [5, 5.41) is 0. The summed E-state index contributed by atoms with van der Waals surface area (Å²) in [4.78, 5) is 11.4. The molecule has 0 aliphatic rings. The second kappa shape index (κ2) is 4.98. The highest BCUT2D eigenvalue weighted by Crippen LogP contribution is 2.10. The van der Waals surface area contributed by atoms with Gasteiger partial charge in [-0.1, -0.05) is 0 Å². The molecule has 0 aliphatic heterocycles. The van der Waals surface area contributed by atoms with Crippen molar-refractivity contribution >= 4 is 5.78 Å². The quantitative estimate of drug-likeness (QED) is 0.767. The molecule has 0 saturated heterocycles. The zero-order chi connectivity index (χ0) is 11.4. The molecule has 15 heavy (non-hydrogen) atoms. The van der Waals surface area contributed by atoms with E-state index >= 15 is 0 Å². The van der Waals surface area contributed by atoms with Crippen molar-refractivity contribution < 1.29 is 18.3 Å². The second-order valence-electron chi connectivity index (χ2n) is 3.30.